The molecule has 1 aromatic carbocycles. The average Bonchev–Trinajstić information content (AvgIpc) is 3.15. The Balaban J connectivity index is 0.00000261. The van der Waals surface area contributed by atoms with E-state index in [-0.39, 0.29) is 29.6 Å². The van der Waals surface area contributed by atoms with Gasteiger partial charge in [-0.3, -0.25) is 4.79 Å². The van der Waals surface area contributed by atoms with E-state index in [9.17, 15) is 13.2 Å². The number of amides is 1. The lowest BCUT2D eigenvalue weighted by Gasteiger charge is -2.35. The molecular weight excluding hydrogens is 386 g/mol. The second-order valence-electron chi connectivity index (χ2n) is 8.19. The average molecular weight is 416 g/mol. The lowest BCUT2D eigenvalue weighted by Crippen LogP contribution is -2.52. The Morgan fingerprint density at radius 2 is 1.67 bits per heavy atom. The molecule has 2 fully saturated rings. The predicted molar refractivity (Wildman–Crippen MR) is 109 cm³/mol. The maximum absolute atomic E-state index is 12.9. The van der Waals surface area contributed by atoms with Crippen LogP contribution in [0.2, 0.25) is 0 Å². The first kappa shape index (κ1) is 22.1. The van der Waals surface area contributed by atoms with Gasteiger partial charge in [-0.15, -0.1) is 12.4 Å². The number of benzene rings is 1. The van der Waals surface area contributed by atoms with Gasteiger partial charge in [-0.25, -0.2) is 8.42 Å². The zero-order valence-corrected chi connectivity index (χ0v) is 17.9. The first-order valence-corrected chi connectivity index (χ1v) is 10.7. The number of carbonyl (C=O) groups is 1. The van der Waals surface area contributed by atoms with E-state index in [0.717, 1.165) is 25.1 Å². The smallest absolute Gasteiger partial charge is 0.243 e. The molecule has 0 aliphatic carbocycles. The highest BCUT2D eigenvalue weighted by atomic mass is 35.5. The number of halogens is 1. The second kappa shape index (κ2) is 8.47. The molecular formula is C19H30ClN3O3S. The Hall–Kier alpha value is -1.15. The topological polar surface area (TPSA) is 69.7 Å². The maximum atomic E-state index is 12.9. The highest BCUT2D eigenvalue weighted by Gasteiger charge is 2.33. The summed E-state index contributed by atoms with van der Waals surface area (Å²) in [5.41, 5.74) is 1.10. The van der Waals surface area contributed by atoms with E-state index in [1.807, 2.05) is 17.0 Å². The van der Waals surface area contributed by atoms with Crippen LogP contribution in [-0.2, 0) is 20.2 Å². The zero-order chi connectivity index (χ0) is 18.9. The van der Waals surface area contributed by atoms with Gasteiger partial charge in [-0.1, -0.05) is 32.9 Å². The molecule has 1 N–H and O–H groups in total. The molecule has 0 spiro atoms. The SMILES string of the molecule is CC(C)(C)c1ccc(S(=O)(=O)N2CCN(C(=O)C3CCNC3)CC2)cc1.Cl. The molecule has 27 heavy (non-hydrogen) atoms. The third-order valence-electron chi connectivity index (χ3n) is 5.32. The fourth-order valence-electron chi connectivity index (χ4n) is 3.55. The van der Waals surface area contributed by atoms with Crippen molar-refractivity contribution in [2.75, 3.05) is 39.3 Å². The molecule has 0 radical (unpaired) electrons. The van der Waals surface area contributed by atoms with Crippen LogP contribution >= 0.6 is 12.4 Å². The van der Waals surface area contributed by atoms with Crippen LogP contribution in [-0.4, -0.2) is 62.8 Å². The molecule has 2 heterocycles. The summed E-state index contributed by atoms with van der Waals surface area (Å²) in [6.45, 7) is 9.58. The largest absolute Gasteiger partial charge is 0.340 e. The normalized spacial score (nSPS) is 21.7. The minimum atomic E-state index is -3.51. The highest BCUT2D eigenvalue weighted by Crippen LogP contribution is 2.25. The number of carbonyl (C=O) groups excluding carboxylic acids is 1. The van der Waals surface area contributed by atoms with Crippen molar-refractivity contribution in [1.82, 2.24) is 14.5 Å². The van der Waals surface area contributed by atoms with Gasteiger partial charge in [-0.2, -0.15) is 4.31 Å². The van der Waals surface area contributed by atoms with Gasteiger partial charge in [-0.05, 0) is 36.1 Å². The van der Waals surface area contributed by atoms with Gasteiger partial charge >= 0.3 is 0 Å². The van der Waals surface area contributed by atoms with Crippen LogP contribution in [0.25, 0.3) is 0 Å². The lowest BCUT2D eigenvalue weighted by atomic mass is 9.87. The molecule has 1 aromatic rings. The summed E-state index contributed by atoms with van der Waals surface area (Å²) >= 11 is 0. The van der Waals surface area contributed by atoms with E-state index in [1.54, 1.807) is 12.1 Å². The van der Waals surface area contributed by atoms with Crippen molar-refractivity contribution >= 4 is 28.3 Å². The molecule has 0 saturated carbocycles. The molecule has 1 unspecified atom stereocenters. The van der Waals surface area contributed by atoms with Crippen LogP contribution < -0.4 is 5.32 Å². The first-order chi connectivity index (χ1) is 12.2. The van der Waals surface area contributed by atoms with Crippen molar-refractivity contribution < 1.29 is 13.2 Å². The molecule has 6 nitrogen and oxygen atoms in total. The van der Waals surface area contributed by atoms with Crippen molar-refractivity contribution in [3.8, 4) is 0 Å². The van der Waals surface area contributed by atoms with E-state index in [2.05, 4.69) is 26.1 Å². The standard InChI is InChI=1S/C19H29N3O3S.ClH/c1-19(2,3)16-4-6-17(7-5-16)26(24,25)22-12-10-21(11-13-22)18(23)15-8-9-20-14-15;/h4-7,15,20H,8-14H2,1-3H3;1H. The number of hydrogen-bond donors (Lipinski definition) is 1. The summed E-state index contributed by atoms with van der Waals surface area (Å²) in [7, 11) is -3.51. The van der Waals surface area contributed by atoms with Gasteiger partial charge in [0.25, 0.3) is 0 Å². The van der Waals surface area contributed by atoms with Crippen molar-refractivity contribution in [3.63, 3.8) is 0 Å². The first-order valence-electron chi connectivity index (χ1n) is 9.30. The molecule has 0 aromatic heterocycles. The van der Waals surface area contributed by atoms with E-state index in [4.69, 9.17) is 0 Å². The number of piperazine rings is 1. The zero-order valence-electron chi connectivity index (χ0n) is 16.3. The van der Waals surface area contributed by atoms with Crippen molar-refractivity contribution in [2.45, 2.75) is 37.5 Å². The van der Waals surface area contributed by atoms with E-state index in [0.29, 0.717) is 31.1 Å². The Morgan fingerprint density at radius 1 is 1.07 bits per heavy atom. The summed E-state index contributed by atoms with van der Waals surface area (Å²) in [5, 5.41) is 3.21. The number of nitrogens with zero attached hydrogens (tertiary/aromatic N) is 2. The Morgan fingerprint density at radius 3 is 2.15 bits per heavy atom. The molecule has 152 valence electrons. The molecule has 2 saturated heterocycles. The third-order valence-corrected chi connectivity index (χ3v) is 7.23. The van der Waals surface area contributed by atoms with Gasteiger partial charge in [0.05, 0.1) is 10.8 Å². The van der Waals surface area contributed by atoms with Gasteiger partial charge < -0.3 is 10.2 Å². The van der Waals surface area contributed by atoms with Crippen LogP contribution in [0.1, 0.15) is 32.8 Å². The van der Waals surface area contributed by atoms with Crippen LogP contribution in [0, 0.1) is 5.92 Å². The van der Waals surface area contributed by atoms with Crippen LogP contribution in [0.5, 0.6) is 0 Å². The Bertz CT molecular complexity index is 745. The molecule has 1 amide bonds. The van der Waals surface area contributed by atoms with Crippen molar-refractivity contribution in [1.29, 1.82) is 0 Å². The molecule has 0 bridgehead atoms. The summed E-state index contributed by atoms with van der Waals surface area (Å²) in [6.07, 6.45) is 0.872. The lowest BCUT2D eigenvalue weighted by molar-refractivity contribution is -0.136. The summed E-state index contributed by atoms with van der Waals surface area (Å²) < 4.78 is 27.3. The minimum absolute atomic E-state index is 0. The van der Waals surface area contributed by atoms with Gasteiger partial charge in [0.15, 0.2) is 0 Å². The number of hydrogen-bond acceptors (Lipinski definition) is 4. The second-order valence-corrected chi connectivity index (χ2v) is 10.1. The number of sulfonamides is 1. The Labute approximate surface area is 168 Å². The molecule has 1 atom stereocenters. The fraction of sp³-hybridized carbons (Fsp3) is 0.632. The maximum Gasteiger partial charge on any atom is 0.243 e. The summed E-state index contributed by atoms with van der Waals surface area (Å²) in [5.74, 6) is 0.199. The van der Waals surface area contributed by atoms with Crippen molar-refractivity contribution in [3.05, 3.63) is 29.8 Å². The van der Waals surface area contributed by atoms with Gasteiger partial charge in [0.1, 0.15) is 0 Å². The molecule has 2 aliphatic heterocycles. The highest BCUT2D eigenvalue weighted by molar-refractivity contribution is 7.89. The quantitative estimate of drug-likeness (QED) is 0.817. The Kier molecular flexibility index (Phi) is 6.95. The van der Waals surface area contributed by atoms with E-state index < -0.39 is 10.0 Å². The summed E-state index contributed by atoms with van der Waals surface area (Å²) in [4.78, 5) is 14.6. The van der Waals surface area contributed by atoms with Crippen LogP contribution in [0.3, 0.4) is 0 Å². The van der Waals surface area contributed by atoms with Crippen LogP contribution in [0.4, 0.5) is 0 Å². The minimum Gasteiger partial charge on any atom is -0.340 e. The van der Waals surface area contributed by atoms with Crippen molar-refractivity contribution in [2.24, 2.45) is 5.92 Å². The summed E-state index contributed by atoms with van der Waals surface area (Å²) in [6, 6.07) is 7.16. The molecule has 8 heteroatoms. The fourth-order valence-corrected chi connectivity index (χ4v) is 4.97. The third kappa shape index (κ3) is 4.83. The van der Waals surface area contributed by atoms with Gasteiger partial charge in [0, 0.05) is 32.7 Å². The predicted octanol–water partition coefficient (Wildman–Crippen LogP) is 1.85. The monoisotopic (exact) mass is 415 g/mol. The number of nitrogens with one attached hydrogen (secondary N) is 1. The van der Waals surface area contributed by atoms with Gasteiger partial charge in [0.2, 0.25) is 15.9 Å². The van der Waals surface area contributed by atoms with E-state index in [1.165, 1.54) is 4.31 Å². The van der Waals surface area contributed by atoms with E-state index >= 15 is 0 Å². The van der Waals surface area contributed by atoms with Crippen LogP contribution in [0.15, 0.2) is 29.2 Å². The number of rotatable bonds is 3. The molecule has 2 aliphatic rings. The molecule has 3 rings (SSSR count).